The molecule has 0 N–H and O–H groups in total. The molecule has 10 aromatic rings. The lowest BCUT2D eigenvalue weighted by atomic mass is 9.85. The molecule has 0 radical (unpaired) electrons. The van der Waals surface area contributed by atoms with Crippen molar-refractivity contribution in [1.82, 2.24) is 4.57 Å². The van der Waals surface area contributed by atoms with Crippen LogP contribution in [0.4, 0.5) is 5.69 Å². The SMILES string of the molecule is [C-]#[N+]c1cc(-c2cc(C#N)cc(-c3ccc(-n4c5ccccc5c5ccccc54)cc3)c2)cc(-c2c3ccccc3c(-c3ccccc3)c3ccccc23)c1. The zero-order chi connectivity index (χ0) is 36.9. The maximum Gasteiger partial charge on any atom is 0.188 e. The van der Waals surface area contributed by atoms with Gasteiger partial charge in [0.2, 0.25) is 0 Å². The Morgan fingerprint density at radius 1 is 0.400 bits per heavy atom. The van der Waals surface area contributed by atoms with Gasteiger partial charge < -0.3 is 4.57 Å². The van der Waals surface area contributed by atoms with Crippen molar-refractivity contribution >= 4 is 49.0 Å². The first-order chi connectivity index (χ1) is 27.2. The molecular formula is C52H31N3. The minimum atomic E-state index is 0.548. The van der Waals surface area contributed by atoms with Gasteiger partial charge in [-0.1, -0.05) is 127 Å². The molecule has 0 saturated heterocycles. The van der Waals surface area contributed by atoms with Crippen LogP contribution in [0.15, 0.2) is 188 Å². The average molecular weight is 698 g/mol. The minimum Gasteiger partial charge on any atom is -0.309 e. The molecule has 55 heavy (non-hydrogen) atoms. The van der Waals surface area contributed by atoms with E-state index >= 15 is 0 Å². The Balaban J connectivity index is 1.12. The average Bonchev–Trinajstić information content (AvgIpc) is 3.60. The van der Waals surface area contributed by atoms with E-state index in [1.165, 1.54) is 21.9 Å². The number of para-hydroxylation sites is 2. The van der Waals surface area contributed by atoms with Crippen LogP contribution in [0.25, 0.3) is 98.4 Å². The highest BCUT2D eigenvalue weighted by molar-refractivity contribution is 6.21. The van der Waals surface area contributed by atoms with Gasteiger partial charge >= 0.3 is 0 Å². The molecule has 3 heteroatoms. The number of hydrogen-bond acceptors (Lipinski definition) is 1. The third kappa shape index (κ3) is 5.35. The number of nitriles is 1. The molecule has 0 unspecified atom stereocenters. The molecule has 254 valence electrons. The van der Waals surface area contributed by atoms with Gasteiger partial charge in [-0.05, 0) is 127 Å². The Bertz CT molecular complexity index is 3100. The summed E-state index contributed by atoms with van der Waals surface area (Å²) in [4.78, 5) is 3.95. The summed E-state index contributed by atoms with van der Waals surface area (Å²) in [7, 11) is 0. The molecule has 1 heterocycles. The van der Waals surface area contributed by atoms with Crippen molar-refractivity contribution in [3.05, 3.63) is 205 Å². The highest BCUT2D eigenvalue weighted by Gasteiger charge is 2.18. The van der Waals surface area contributed by atoms with Crippen molar-refractivity contribution in [2.75, 3.05) is 0 Å². The maximum absolute atomic E-state index is 10.2. The maximum atomic E-state index is 10.2. The molecule has 0 aliphatic carbocycles. The summed E-state index contributed by atoms with van der Waals surface area (Å²) in [5, 5.41) is 17.3. The molecule has 0 aliphatic rings. The summed E-state index contributed by atoms with van der Waals surface area (Å²) in [5.41, 5.74) is 12.7. The van der Waals surface area contributed by atoms with Gasteiger partial charge in [-0.3, -0.25) is 0 Å². The molecule has 0 bridgehead atoms. The third-order valence-electron chi connectivity index (χ3n) is 10.8. The summed E-state index contributed by atoms with van der Waals surface area (Å²) in [6.45, 7) is 8.14. The topological polar surface area (TPSA) is 33.1 Å². The standard InChI is InChI=1S/C52H31N3/c1-54-41-31-39(30-40(32-41)52-47-19-7-5-17-45(47)51(36-13-3-2-4-14-36)46-18-6-8-20-48(46)52)38-28-34(33-53)27-37(29-38)35-23-25-42(26-24-35)55-49-21-11-9-15-43(49)44-16-10-12-22-50(44)55/h2-32H. The van der Waals surface area contributed by atoms with Gasteiger partial charge in [-0.2, -0.15) is 5.26 Å². The summed E-state index contributed by atoms with van der Waals surface area (Å²) in [6, 6.07) is 67.8. The fourth-order valence-electron chi connectivity index (χ4n) is 8.37. The van der Waals surface area contributed by atoms with E-state index in [9.17, 15) is 5.26 Å². The van der Waals surface area contributed by atoms with Gasteiger partial charge in [-0.25, -0.2) is 4.85 Å². The zero-order valence-corrected chi connectivity index (χ0v) is 29.7. The first-order valence-electron chi connectivity index (χ1n) is 18.3. The number of nitrogens with zero attached hydrogens (tertiary/aromatic N) is 3. The summed E-state index contributed by atoms with van der Waals surface area (Å²) < 4.78 is 2.31. The third-order valence-corrected chi connectivity index (χ3v) is 10.8. The van der Waals surface area contributed by atoms with Gasteiger partial charge in [0.05, 0.1) is 29.2 Å². The molecule has 0 amide bonds. The Morgan fingerprint density at radius 2 is 0.836 bits per heavy atom. The van der Waals surface area contributed by atoms with Crippen LogP contribution in [0, 0.1) is 17.9 Å². The lowest BCUT2D eigenvalue weighted by molar-refractivity contribution is 1.18. The van der Waals surface area contributed by atoms with Crippen molar-refractivity contribution in [3.63, 3.8) is 0 Å². The van der Waals surface area contributed by atoms with E-state index in [1.54, 1.807) is 0 Å². The minimum absolute atomic E-state index is 0.548. The first kappa shape index (κ1) is 32.0. The van der Waals surface area contributed by atoms with E-state index in [0.717, 1.165) is 71.6 Å². The quantitative estimate of drug-likeness (QED) is 0.130. The normalized spacial score (nSPS) is 11.2. The van der Waals surface area contributed by atoms with E-state index in [-0.39, 0.29) is 0 Å². The highest BCUT2D eigenvalue weighted by Crippen LogP contribution is 2.45. The van der Waals surface area contributed by atoms with Crippen molar-refractivity contribution in [3.8, 4) is 56.3 Å². The molecule has 0 spiro atoms. The summed E-state index contributed by atoms with van der Waals surface area (Å²) in [6.07, 6.45) is 0. The largest absolute Gasteiger partial charge is 0.309 e. The van der Waals surface area contributed by atoms with Crippen LogP contribution in [0.1, 0.15) is 5.56 Å². The van der Waals surface area contributed by atoms with Crippen LogP contribution in [0.5, 0.6) is 0 Å². The summed E-state index contributed by atoms with van der Waals surface area (Å²) >= 11 is 0. The van der Waals surface area contributed by atoms with E-state index in [0.29, 0.717) is 11.3 Å². The number of hydrogen-bond donors (Lipinski definition) is 0. The lowest BCUT2D eigenvalue weighted by Crippen LogP contribution is -1.94. The number of rotatable bonds is 5. The van der Waals surface area contributed by atoms with Crippen LogP contribution < -0.4 is 0 Å². The smallest absolute Gasteiger partial charge is 0.188 e. The van der Waals surface area contributed by atoms with E-state index in [1.807, 2.05) is 30.3 Å². The fraction of sp³-hybridized carbons (Fsp3) is 0. The lowest BCUT2D eigenvalue weighted by Gasteiger charge is -2.18. The van der Waals surface area contributed by atoms with Crippen LogP contribution in [0.3, 0.4) is 0 Å². The van der Waals surface area contributed by atoms with E-state index < -0.39 is 0 Å². The molecule has 0 atom stereocenters. The second-order valence-electron chi connectivity index (χ2n) is 13.9. The van der Waals surface area contributed by atoms with Crippen LogP contribution in [-0.2, 0) is 0 Å². The van der Waals surface area contributed by atoms with Gasteiger partial charge in [0.25, 0.3) is 0 Å². The number of aromatic nitrogens is 1. The molecular weight excluding hydrogens is 667 g/mol. The van der Waals surface area contributed by atoms with Crippen molar-refractivity contribution < 1.29 is 0 Å². The predicted molar refractivity (Wildman–Crippen MR) is 229 cm³/mol. The highest BCUT2D eigenvalue weighted by atomic mass is 15.0. The zero-order valence-electron chi connectivity index (χ0n) is 29.7. The Kier molecular flexibility index (Phi) is 7.58. The van der Waals surface area contributed by atoms with Crippen molar-refractivity contribution in [1.29, 1.82) is 5.26 Å². The van der Waals surface area contributed by atoms with E-state index in [2.05, 4.69) is 173 Å². The molecule has 0 aliphatic heterocycles. The molecule has 0 fully saturated rings. The van der Waals surface area contributed by atoms with Gasteiger partial charge in [0.1, 0.15) is 0 Å². The first-order valence-corrected chi connectivity index (χ1v) is 18.3. The summed E-state index contributed by atoms with van der Waals surface area (Å²) in [5.74, 6) is 0. The molecule has 0 saturated carbocycles. The second-order valence-corrected chi connectivity index (χ2v) is 13.9. The fourth-order valence-corrected chi connectivity index (χ4v) is 8.37. The number of benzene rings is 9. The van der Waals surface area contributed by atoms with Gasteiger partial charge in [0.15, 0.2) is 5.69 Å². The Hall–Kier alpha value is -7.72. The van der Waals surface area contributed by atoms with Crippen LogP contribution >= 0.6 is 0 Å². The monoisotopic (exact) mass is 697 g/mol. The molecule has 9 aromatic carbocycles. The van der Waals surface area contributed by atoms with Gasteiger partial charge in [0, 0.05) is 16.5 Å². The Labute approximate surface area is 319 Å². The van der Waals surface area contributed by atoms with E-state index in [4.69, 9.17) is 6.57 Å². The second kappa shape index (κ2) is 13.0. The van der Waals surface area contributed by atoms with Crippen LogP contribution in [0.2, 0.25) is 0 Å². The van der Waals surface area contributed by atoms with Crippen molar-refractivity contribution in [2.24, 2.45) is 0 Å². The predicted octanol–water partition coefficient (Wildman–Crippen LogP) is 14.2. The number of fused-ring (bicyclic) bond motifs is 5. The molecule has 1 aromatic heterocycles. The molecule has 3 nitrogen and oxygen atoms in total. The van der Waals surface area contributed by atoms with Gasteiger partial charge in [-0.15, -0.1) is 0 Å². The van der Waals surface area contributed by atoms with Crippen LogP contribution in [-0.4, -0.2) is 4.57 Å². The van der Waals surface area contributed by atoms with Crippen molar-refractivity contribution in [2.45, 2.75) is 0 Å². The Morgan fingerprint density at radius 3 is 1.38 bits per heavy atom. The molecule has 10 rings (SSSR count).